The second-order valence-electron chi connectivity index (χ2n) is 4.71. The molecule has 0 aliphatic heterocycles. The summed E-state index contributed by atoms with van der Waals surface area (Å²) < 4.78 is 5.33. The van der Waals surface area contributed by atoms with Crippen LogP contribution in [-0.4, -0.2) is 28.2 Å². The van der Waals surface area contributed by atoms with Gasteiger partial charge in [0.2, 0.25) is 5.91 Å². The lowest BCUT2D eigenvalue weighted by Gasteiger charge is -2.26. The maximum atomic E-state index is 11.6. The molecule has 0 saturated heterocycles. The molecule has 2 unspecified atom stereocenters. The van der Waals surface area contributed by atoms with Crippen molar-refractivity contribution in [2.75, 3.05) is 6.54 Å². The van der Waals surface area contributed by atoms with Crippen LogP contribution in [0.15, 0.2) is 15.9 Å². The molecule has 1 heterocycles. The zero-order valence-corrected chi connectivity index (χ0v) is 11.5. The number of carbonyl (C=O) groups excluding carboxylic acids is 1. The summed E-state index contributed by atoms with van der Waals surface area (Å²) in [6.45, 7) is 4.63. The Balaban J connectivity index is 2.00. The summed E-state index contributed by atoms with van der Waals surface area (Å²) in [5.74, 6) is -0.254. The van der Waals surface area contributed by atoms with Gasteiger partial charge in [0.1, 0.15) is 6.26 Å². The van der Waals surface area contributed by atoms with Gasteiger partial charge in [-0.15, -0.1) is 0 Å². The van der Waals surface area contributed by atoms with Gasteiger partial charge >= 0.3 is 0 Å². The third kappa shape index (κ3) is 2.70. The standard InChI is InChI=1S/C12H19N3O2S/c1-3-14-12(10(13)16)5-4-9(6-12)18-11-15-8(2)7-17-11/h7,9,14H,3-6H2,1-2H3,(H2,13,16). The van der Waals surface area contributed by atoms with Crippen molar-refractivity contribution in [2.24, 2.45) is 5.73 Å². The summed E-state index contributed by atoms with van der Waals surface area (Å²) in [5, 5.41) is 4.24. The molecule has 5 nitrogen and oxygen atoms in total. The average Bonchev–Trinajstić information content (AvgIpc) is 2.88. The highest BCUT2D eigenvalue weighted by molar-refractivity contribution is 7.99. The van der Waals surface area contributed by atoms with Gasteiger partial charge in [-0.05, 0) is 32.7 Å². The van der Waals surface area contributed by atoms with Gasteiger partial charge in [0.25, 0.3) is 5.22 Å². The lowest BCUT2D eigenvalue weighted by molar-refractivity contribution is -0.124. The predicted octanol–water partition coefficient (Wildman–Crippen LogP) is 1.46. The minimum Gasteiger partial charge on any atom is -0.440 e. The maximum Gasteiger partial charge on any atom is 0.256 e. The normalized spacial score (nSPS) is 27.6. The number of hydrogen-bond acceptors (Lipinski definition) is 5. The number of primary amides is 1. The Morgan fingerprint density at radius 3 is 3.11 bits per heavy atom. The van der Waals surface area contributed by atoms with E-state index in [1.165, 1.54) is 0 Å². The Morgan fingerprint density at radius 1 is 1.78 bits per heavy atom. The number of oxazole rings is 1. The molecule has 0 spiro atoms. The number of amides is 1. The van der Waals surface area contributed by atoms with Crippen molar-refractivity contribution >= 4 is 17.7 Å². The van der Waals surface area contributed by atoms with Gasteiger partial charge in [0.05, 0.1) is 11.2 Å². The first-order valence-corrected chi connectivity index (χ1v) is 7.07. The molecule has 2 atom stereocenters. The Morgan fingerprint density at radius 2 is 2.56 bits per heavy atom. The topological polar surface area (TPSA) is 81.1 Å². The number of rotatable bonds is 5. The van der Waals surface area contributed by atoms with Gasteiger partial charge in [-0.1, -0.05) is 18.7 Å². The van der Waals surface area contributed by atoms with E-state index in [0.717, 1.165) is 31.5 Å². The number of aryl methyl sites for hydroxylation is 1. The van der Waals surface area contributed by atoms with Crippen LogP contribution in [0, 0.1) is 6.92 Å². The molecule has 1 aromatic rings. The lowest BCUT2D eigenvalue weighted by Crippen LogP contribution is -2.53. The van der Waals surface area contributed by atoms with E-state index in [0.29, 0.717) is 10.5 Å². The average molecular weight is 269 g/mol. The van der Waals surface area contributed by atoms with Crippen molar-refractivity contribution in [3.63, 3.8) is 0 Å². The molecule has 2 rings (SSSR count). The molecule has 1 aliphatic rings. The molecular formula is C12H19N3O2S. The van der Waals surface area contributed by atoms with Crippen molar-refractivity contribution in [3.05, 3.63) is 12.0 Å². The van der Waals surface area contributed by atoms with Crippen molar-refractivity contribution < 1.29 is 9.21 Å². The molecular weight excluding hydrogens is 250 g/mol. The molecule has 0 aromatic carbocycles. The van der Waals surface area contributed by atoms with Crippen LogP contribution in [0.3, 0.4) is 0 Å². The summed E-state index contributed by atoms with van der Waals surface area (Å²) in [4.78, 5) is 15.9. The molecule has 1 aromatic heterocycles. The largest absolute Gasteiger partial charge is 0.440 e. The monoisotopic (exact) mass is 269 g/mol. The van der Waals surface area contributed by atoms with E-state index in [2.05, 4.69) is 10.3 Å². The molecule has 0 radical (unpaired) electrons. The molecule has 18 heavy (non-hydrogen) atoms. The van der Waals surface area contributed by atoms with E-state index in [4.69, 9.17) is 10.2 Å². The van der Waals surface area contributed by atoms with Gasteiger partial charge in [-0.2, -0.15) is 0 Å². The highest BCUT2D eigenvalue weighted by Crippen LogP contribution is 2.39. The number of nitrogens with zero attached hydrogens (tertiary/aromatic N) is 1. The number of carbonyl (C=O) groups is 1. The van der Waals surface area contributed by atoms with E-state index >= 15 is 0 Å². The zero-order valence-electron chi connectivity index (χ0n) is 10.7. The minimum atomic E-state index is -0.548. The molecule has 1 fully saturated rings. The van der Waals surface area contributed by atoms with Gasteiger partial charge in [-0.3, -0.25) is 4.79 Å². The van der Waals surface area contributed by atoms with Crippen LogP contribution in [0.25, 0.3) is 0 Å². The van der Waals surface area contributed by atoms with Gasteiger partial charge in [0.15, 0.2) is 0 Å². The zero-order chi connectivity index (χ0) is 13.2. The van der Waals surface area contributed by atoms with Crippen LogP contribution in [0.4, 0.5) is 0 Å². The fourth-order valence-electron chi connectivity index (χ4n) is 2.44. The van der Waals surface area contributed by atoms with Gasteiger partial charge in [-0.25, -0.2) is 4.98 Å². The van der Waals surface area contributed by atoms with Crippen LogP contribution in [0.1, 0.15) is 31.9 Å². The highest BCUT2D eigenvalue weighted by atomic mass is 32.2. The first kappa shape index (κ1) is 13.4. The summed E-state index contributed by atoms with van der Waals surface area (Å²) >= 11 is 1.59. The molecule has 100 valence electrons. The first-order valence-electron chi connectivity index (χ1n) is 6.19. The molecule has 6 heteroatoms. The molecule has 0 bridgehead atoms. The quantitative estimate of drug-likeness (QED) is 0.846. The fourth-order valence-corrected chi connectivity index (χ4v) is 3.63. The number of hydrogen-bond donors (Lipinski definition) is 2. The Hall–Kier alpha value is -1.01. The minimum absolute atomic E-state index is 0.254. The van der Waals surface area contributed by atoms with Crippen LogP contribution >= 0.6 is 11.8 Å². The number of thioether (sulfide) groups is 1. The number of nitrogens with one attached hydrogen (secondary N) is 1. The van der Waals surface area contributed by atoms with Crippen LogP contribution in [0.2, 0.25) is 0 Å². The van der Waals surface area contributed by atoms with Crippen molar-refractivity contribution in [2.45, 2.75) is 49.1 Å². The van der Waals surface area contributed by atoms with E-state index in [1.54, 1.807) is 18.0 Å². The summed E-state index contributed by atoms with van der Waals surface area (Å²) in [7, 11) is 0. The second-order valence-corrected chi connectivity index (χ2v) is 5.97. The van der Waals surface area contributed by atoms with Crippen molar-refractivity contribution in [1.82, 2.24) is 10.3 Å². The third-order valence-corrected chi connectivity index (χ3v) is 4.45. The summed E-state index contributed by atoms with van der Waals surface area (Å²) in [5.41, 5.74) is 5.86. The third-order valence-electron chi connectivity index (χ3n) is 3.32. The Kier molecular flexibility index (Phi) is 3.97. The smallest absolute Gasteiger partial charge is 0.256 e. The summed E-state index contributed by atoms with van der Waals surface area (Å²) in [6.07, 6.45) is 4.11. The Bertz CT molecular complexity index is 435. The molecule has 1 aliphatic carbocycles. The molecule has 3 N–H and O–H groups in total. The summed E-state index contributed by atoms with van der Waals surface area (Å²) in [6, 6.07) is 0. The van der Waals surface area contributed by atoms with Crippen molar-refractivity contribution in [3.8, 4) is 0 Å². The van der Waals surface area contributed by atoms with Gasteiger partial charge in [0, 0.05) is 5.25 Å². The van der Waals surface area contributed by atoms with E-state index in [1.807, 2.05) is 13.8 Å². The van der Waals surface area contributed by atoms with E-state index in [9.17, 15) is 4.79 Å². The highest BCUT2D eigenvalue weighted by Gasteiger charge is 2.44. The lowest BCUT2D eigenvalue weighted by atomic mass is 9.97. The van der Waals surface area contributed by atoms with E-state index < -0.39 is 5.54 Å². The van der Waals surface area contributed by atoms with Crippen LogP contribution in [0.5, 0.6) is 0 Å². The second kappa shape index (κ2) is 5.32. The molecule has 1 saturated carbocycles. The van der Waals surface area contributed by atoms with Crippen LogP contribution in [-0.2, 0) is 4.79 Å². The van der Waals surface area contributed by atoms with Gasteiger partial charge < -0.3 is 15.5 Å². The number of likely N-dealkylation sites (N-methyl/N-ethyl adjacent to an activating group) is 1. The molecule has 1 amide bonds. The number of aromatic nitrogens is 1. The van der Waals surface area contributed by atoms with Crippen LogP contribution < -0.4 is 11.1 Å². The maximum absolute atomic E-state index is 11.6. The van der Waals surface area contributed by atoms with Crippen molar-refractivity contribution in [1.29, 1.82) is 0 Å². The number of nitrogens with two attached hydrogens (primary N) is 1. The van der Waals surface area contributed by atoms with E-state index in [-0.39, 0.29) is 5.91 Å². The first-order chi connectivity index (χ1) is 8.55. The fraction of sp³-hybridized carbons (Fsp3) is 0.667. The SMILES string of the molecule is CCNC1(C(N)=O)CCC(Sc2nc(C)co2)C1. The predicted molar refractivity (Wildman–Crippen MR) is 70.3 cm³/mol. The Labute approximate surface area is 111 Å².